The summed E-state index contributed by atoms with van der Waals surface area (Å²) >= 11 is 0. The van der Waals surface area contributed by atoms with Crippen molar-refractivity contribution >= 4 is 17.3 Å². The largest absolute Gasteiger partial charge is 0.300 e. The third-order valence-corrected chi connectivity index (χ3v) is 3.66. The van der Waals surface area contributed by atoms with E-state index in [0.29, 0.717) is 31.0 Å². The van der Waals surface area contributed by atoms with Crippen LogP contribution in [0, 0.1) is 5.92 Å². The van der Waals surface area contributed by atoms with E-state index in [-0.39, 0.29) is 11.6 Å². The van der Waals surface area contributed by atoms with Crippen LogP contribution in [0.3, 0.4) is 0 Å². The van der Waals surface area contributed by atoms with E-state index >= 15 is 0 Å². The number of carbonyl (C=O) groups excluding carboxylic acids is 3. The summed E-state index contributed by atoms with van der Waals surface area (Å²) in [5, 5.41) is 0. The minimum absolute atomic E-state index is 0.121. The van der Waals surface area contributed by atoms with Gasteiger partial charge in [0.15, 0.2) is 11.6 Å². The van der Waals surface area contributed by atoms with Crippen molar-refractivity contribution in [1.29, 1.82) is 0 Å². The lowest BCUT2D eigenvalue weighted by molar-refractivity contribution is -0.118. The van der Waals surface area contributed by atoms with Gasteiger partial charge in [0.1, 0.15) is 5.78 Å². The molecule has 0 aromatic heterocycles. The zero-order chi connectivity index (χ0) is 20.7. The molecule has 0 heterocycles. The Morgan fingerprint density at radius 1 is 0.741 bits per heavy atom. The first kappa shape index (κ1) is 24.5. The van der Waals surface area contributed by atoms with Crippen molar-refractivity contribution in [1.82, 2.24) is 0 Å². The highest BCUT2D eigenvalue weighted by Crippen LogP contribution is 2.08. The Morgan fingerprint density at radius 2 is 1.15 bits per heavy atom. The summed E-state index contributed by atoms with van der Waals surface area (Å²) in [5.41, 5.74) is 1.60. The number of ketones is 3. The Hall–Kier alpha value is -2.55. The molecule has 3 heteroatoms. The topological polar surface area (TPSA) is 51.2 Å². The molecule has 27 heavy (non-hydrogen) atoms. The second-order valence-corrected chi connectivity index (χ2v) is 6.56. The summed E-state index contributed by atoms with van der Waals surface area (Å²) in [6.45, 7) is 9.44. The normalized spacial score (nSPS) is 9.41. The highest BCUT2D eigenvalue weighted by Gasteiger charge is 2.06. The number of rotatable bonds is 6. The summed E-state index contributed by atoms with van der Waals surface area (Å²) in [5.74, 6) is 1.15. The minimum Gasteiger partial charge on any atom is -0.300 e. The van der Waals surface area contributed by atoms with Crippen LogP contribution in [0.5, 0.6) is 0 Å². The number of benzene rings is 2. The highest BCUT2D eigenvalue weighted by atomic mass is 16.1. The average molecular weight is 369 g/mol. The predicted molar refractivity (Wildman–Crippen MR) is 112 cm³/mol. The number of carbonyl (C=O) groups is 3. The van der Waals surface area contributed by atoms with E-state index in [4.69, 9.17) is 0 Å². The molecule has 0 radical (unpaired) electrons. The van der Waals surface area contributed by atoms with E-state index in [1.807, 2.05) is 74.5 Å². The molecule has 2 aromatic carbocycles. The van der Waals surface area contributed by atoms with E-state index in [1.54, 1.807) is 6.92 Å². The van der Waals surface area contributed by atoms with E-state index in [9.17, 15) is 14.4 Å². The molecule has 0 aliphatic carbocycles. The van der Waals surface area contributed by atoms with Crippen LogP contribution in [0.1, 0.15) is 74.6 Å². The van der Waals surface area contributed by atoms with Gasteiger partial charge < -0.3 is 0 Å². The quantitative estimate of drug-likeness (QED) is 0.572. The third-order valence-electron chi connectivity index (χ3n) is 3.66. The summed E-state index contributed by atoms with van der Waals surface area (Å²) in [7, 11) is 0. The van der Waals surface area contributed by atoms with Gasteiger partial charge in [-0.2, -0.15) is 0 Å². The lowest BCUT2D eigenvalue weighted by Gasteiger charge is -2.02. The lowest BCUT2D eigenvalue weighted by atomic mass is 10.0. The first-order valence-electron chi connectivity index (χ1n) is 9.47. The molecule has 0 bridgehead atoms. The second kappa shape index (κ2) is 14.6. The molecule has 0 aliphatic heterocycles. The molecule has 2 aromatic rings. The predicted octanol–water partition coefficient (Wildman–Crippen LogP) is 6.18. The van der Waals surface area contributed by atoms with E-state index < -0.39 is 0 Å². The molecule has 3 nitrogen and oxygen atoms in total. The molecule has 0 N–H and O–H groups in total. The maximum Gasteiger partial charge on any atom is 0.163 e. The maximum atomic E-state index is 11.5. The maximum absolute atomic E-state index is 11.5. The van der Waals surface area contributed by atoms with Crippen molar-refractivity contribution in [2.45, 2.75) is 53.9 Å². The molecule has 0 amide bonds. The molecule has 0 saturated heterocycles. The van der Waals surface area contributed by atoms with Gasteiger partial charge in [-0.15, -0.1) is 0 Å². The molecule has 146 valence electrons. The van der Waals surface area contributed by atoms with Gasteiger partial charge >= 0.3 is 0 Å². The van der Waals surface area contributed by atoms with Crippen LogP contribution in [0.2, 0.25) is 0 Å². The van der Waals surface area contributed by atoms with Gasteiger partial charge in [0.25, 0.3) is 0 Å². The third kappa shape index (κ3) is 12.4. The average Bonchev–Trinajstić information content (AvgIpc) is 2.69. The van der Waals surface area contributed by atoms with E-state index in [2.05, 4.69) is 13.8 Å². The van der Waals surface area contributed by atoms with E-state index in [1.165, 1.54) is 0 Å². The molecule has 0 spiro atoms. The van der Waals surface area contributed by atoms with Crippen LogP contribution < -0.4 is 0 Å². The van der Waals surface area contributed by atoms with Crippen molar-refractivity contribution in [3.63, 3.8) is 0 Å². The molecule has 0 atom stereocenters. The fourth-order valence-electron chi connectivity index (χ4n) is 2.04. The molecule has 0 aliphatic rings. The minimum atomic E-state index is 0.121. The number of Topliss-reactive ketones (excluding diaryl/α,β-unsaturated/α-hetero) is 3. The summed E-state index contributed by atoms with van der Waals surface area (Å²) in [4.78, 5) is 32.3. The van der Waals surface area contributed by atoms with Crippen molar-refractivity contribution in [2.75, 3.05) is 0 Å². The Morgan fingerprint density at radius 3 is 1.41 bits per heavy atom. The monoisotopic (exact) mass is 368 g/mol. The smallest absolute Gasteiger partial charge is 0.163 e. The molecular formula is C24H32O3. The van der Waals surface area contributed by atoms with Crippen LogP contribution in [-0.4, -0.2) is 17.3 Å². The van der Waals surface area contributed by atoms with Crippen molar-refractivity contribution < 1.29 is 14.4 Å². The summed E-state index contributed by atoms with van der Waals surface area (Å²) < 4.78 is 0. The number of hydrogen-bond donors (Lipinski definition) is 0. The van der Waals surface area contributed by atoms with Crippen LogP contribution in [0.4, 0.5) is 0 Å². The zero-order valence-corrected chi connectivity index (χ0v) is 17.2. The standard InChI is InChI=1S/C11H14O.C8H8O.C5H10O/c1-9(2)8-11(12)10-6-4-3-5-7-10;1-7(9)8-5-3-2-4-6-8;1-3-5(6)4-2/h3-7,9H,8H2,1-2H3;2-6H,1H3;3-4H2,1-2H3. The first-order valence-corrected chi connectivity index (χ1v) is 9.47. The van der Waals surface area contributed by atoms with Crippen molar-refractivity contribution in [3.8, 4) is 0 Å². The molecule has 0 fully saturated rings. The Balaban J connectivity index is 0.000000400. The fourth-order valence-corrected chi connectivity index (χ4v) is 2.04. The van der Waals surface area contributed by atoms with E-state index in [0.717, 1.165) is 11.1 Å². The highest BCUT2D eigenvalue weighted by molar-refractivity contribution is 5.96. The molecule has 0 unspecified atom stereocenters. The first-order chi connectivity index (χ1) is 12.8. The Labute approximate surface area is 163 Å². The summed E-state index contributed by atoms with van der Waals surface area (Å²) in [6.07, 6.45) is 2.02. The van der Waals surface area contributed by atoms with Crippen molar-refractivity contribution in [2.24, 2.45) is 5.92 Å². The van der Waals surface area contributed by atoms with Gasteiger partial charge in [-0.05, 0) is 12.8 Å². The fraction of sp³-hybridized carbons (Fsp3) is 0.375. The molecular weight excluding hydrogens is 336 g/mol. The zero-order valence-electron chi connectivity index (χ0n) is 17.2. The SMILES string of the molecule is CC(=O)c1ccccc1.CC(C)CC(=O)c1ccccc1.CCC(=O)CC. The van der Waals surface area contributed by atoms with Gasteiger partial charge in [-0.25, -0.2) is 0 Å². The van der Waals surface area contributed by atoms with Gasteiger partial charge in [0.2, 0.25) is 0 Å². The van der Waals surface area contributed by atoms with Gasteiger partial charge in [0, 0.05) is 30.4 Å². The van der Waals surface area contributed by atoms with Crippen LogP contribution >= 0.6 is 0 Å². The van der Waals surface area contributed by atoms with Crippen LogP contribution in [0.15, 0.2) is 60.7 Å². The number of hydrogen-bond acceptors (Lipinski definition) is 3. The van der Waals surface area contributed by atoms with Gasteiger partial charge in [0.05, 0.1) is 0 Å². The van der Waals surface area contributed by atoms with Crippen molar-refractivity contribution in [3.05, 3.63) is 71.8 Å². The lowest BCUT2D eigenvalue weighted by Crippen LogP contribution is -2.02. The molecule has 2 rings (SSSR count). The second-order valence-electron chi connectivity index (χ2n) is 6.56. The summed E-state index contributed by atoms with van der Waals surface area (Å²) in [6, 6.07) is 18.7. The van der Waals surface area contributed by atoms with Crippen LogP contribution in [-0.2, 0) is 4.79 Å². The Bertz CT molecular complexity index is 667. The molecule has 0 saturated carbocycles. The van der Waals surface area contributed by atoms with Gasteiger partial charge in [-0.1, -0.05) is 88.4 Å². The van der Waals surface area contributed by atoms with Gasteiger partial charge in [-0.3, -0.25) is 14.4 Å². The van der Waals surface area contributed by atoms with Crippen LogP contribution in [0.25, 0.3) is 0 Å². The Kier molecular flexibility index (Phi) is 13.2.